The summed E-state index contributed by atoms with van der Waals surface area (Å²) in [6, 6.07) is 4.32. The Morgan fingerprint density at radius 2 is 2.10 bits per heavy atom. The van der Waals surface area contributed by atoms with Crippen molar-refractivity contribution in [3.05, 3.63) is 52.0 Å². The maximum Gasteiger partial charge on any atom is 0.159 e. The SMILES string of the molecule is CCCNC(Cc1ccc(F)c(F)c1)Cc1cncs1. The molecule has 1 atom stereocenters. The van der Waals surface area contributed by atoms with E-state index in [-0.39, 0.29) is 6.04 Å². The van der Waals surface area contributed by atoms with Crippen LogP contribution in [0.25, 0.3) is 0 Å². The Bertz CT molecular complexity index is 529. The molecular weight excluding hydrogens is 278 g/mol. The van der Waals surface area contributed by atoms with Crippen molar-refractivity contribution in [2.24, 2.45) is 0 Å². The van der Waals surface area contributed by atoms with Crippen molar-refractivity contribution in [2.45, 2.75) is 32.2 Å². The number of halogens is 2. The first-order valence-corrected chi connectivity index (χ1v) is 7.61. The zero-order valence-corrected chi connectivity index (χ0v) is 12.2. The van der Waals surface area contributed by atoms with Crippen LogP contribution in [0.5, 0.6) is 0 Å². The van der Waals surface area contributed by atoms with Crippen molar-refractivity contribution in [2.75, 3.05) is 6.54 Å². The van der Waals surface area contributed by atoms with Crippen LogP contribution in [0.15, 0.2) is 29.9 Å². The molecule has 1 aromatic carbocycles. The van der Waals surface area contributed by atoms with Crippen molar-refractivity contribution in [3.8, 4) is 0 Å². The predicted molar refractivity (Wildman–Crippen MR) is 78.0 cm³/mol. The van der Waals surface area contributed by atoms with Crippen LogP contribution >= 0.6 is 11.3 Å². The number of nitrogens with one attached hydrogen (secondary N) is 1. The van der Waals surface area contributed by atoms with Crippen LogP contribution in [0.2, 0.25) is 0 Å². The second-order valence-corrected chi connectivity index (χ2v) is 5.75. The van der Waals surface area contributed by atoms with Gasteiger partial charge in [0.25, 0.3) is 0 Å². The monoisotopic (exact) mass is 296 g/mol. The molecule has 1 N–H and O–H groups in total. The Kier molecular flexibility index (Phi) is 5.61. The van der Waals surface area contributed by atoms with Gasteiger partial charge >= 0.3 is 0 Å². The van der Waals surface area contributed by atoms with Crippen molar-refractivity contribution in [1.82, 2.24) is 10.3 Å². The first kappa shape index (κ1) is 15.1. The molecule has 0 fully saturated rings. The first-order valence-electron chi connectivity index (χ1n) is 6.73. The van der Waals surface area contributed by atoms with Crippen LogP contribution < -0.4 is 5.32 Å². The van der Waals surface area contributed by atoms with Crippen LogP contribution in [0, 0.1) is 11.6 Å². The van der Waals surface area contributed by atoms with E-state index in [9.17, 15) is 8.78 Å². The highest BCUT2D eigenvalue weighted by Crippen LogP contribution is 2.14. The summed E-state index contributed by atoms with van der Waals surface area (Å²) in [6.07, 6.45) is 4.42. The Labute approximate surface area is 121 Å². The fourth-order valence-electron chi connectivity index (χ4n) is 2.10. The van der Waals surface area contributed by atoms with E-state index < -0.39 is 11.6 Å². The van der Waals surface area contributed by atoms with E-state index >= 15 is 0 Å². The maximum absolute atomic E-state index is 13.3. The third kappa shape index (κ3) is 4.35. The molecule has 0 saturated carbocycles. The molecule has 2 nitrogen and oxygen atoms in total. The number of hydrogen-bond donors (Lipinski definition) is 1. The number of aromatic nitrogens is 1. The number of thiazole rings is 1. The van der Waals surface area contributed by atoms with Crippen molar-refractivity contribution in [1.29, 1.82) is 0 Å². The van der Waals surface area contributed by atoms with E-state index in [1.165, 1.54) is 17.0 Å². The Hall–Kier alpha value is -1.33. The summed E-state index contributed by atoms with van der Waals surface area (Å²) >= 11 is 1.62. The second kappa shape index (κ2) is 7.45. The van der Waals surface area contributed by atoms with Crippen LogP contribution in [0.3, 0.4) is 0 Å². The third-order valence-electron chi connectivity index (χ3n) is 3.08. The summed E-state index contributed by atoms with van der Waals surface area (Å²) in [5.41, 5.74) is 2.62. The van der Waals surface area contributed by atoms with Crippen molar-refractivity contribution < 1.29 is 8.78 Å². The van der Waals surface area contributed by atoms with Gasteiger partial charge in [0.15, 0.2) is 11.6 Å². The quantitative estimate of drug-likeness (QED) is 0.845. The van der Waals surface area contributed by atoms with Crippen LogP contribution in [-0.4, -0.2) is 17.6 Å². The number of hydrogen-bond acceptors (Lipinski definition) is 3. The van der Waals surface area contributed by atoms with Gasteiger partial charge in [-0.25, -0.2) is 8.78 Å². The molecule has 2 aromatic rings. The summed E-state index contributed by atoms with van der Waals surface area (Å²) in [4.78, 5) is 5.26. The molecule has 0 aliphatic carbocycles. The highest BCUT2D eigenvalue weighted by atomic mass is 32.1. The molecular formula is C15H18F2N2S. The minimum absolute atomic E-state index is 0.209. The summed E-state index contributed by atoms with van der Waals surface area (Å²) in [5, 5.41) is 3.45. The summed E-state index contributed by atoms with van der Waals surface area (Å²) in [5.74, 6) is -1.58. The average Bonchev–Trinajstić information content (AvgIpc) is 2.93. The Morgan fingerprint density at radius 3 is 2.75 bits per heavy atom. The number of nitrogens with zero attached hydrogens (tertiary/aromatic N) is 1. The van der Waals surface area contributed by atoms with E-state index in [4.69, 9.17) is 0 Å². The fourth-order valence-corrected chi connectivity index (χ4v) is 2.78. The summed E-state index contributed by atoms with van der Waals surface area (Å²) in [7, 11) is 0. The minimum Gasteiger partial charge on any atom is -0.313 e. The second-order valence-electron chi connectivity index (χ2n) is 4.78. The first-order chi connectivity index (χ1) is 9.69. The van der Waals surface area contributed by atoms with E-state index in [2.05, 4.69) is 17.2 Å². The third-order valence-corrected chi connectivity index (χ3v) is 3.88. The van der Waals surface area contributed by atoms with Crippen molar-refractivity contribution >= 4 is 11.3 Å². The van der Waals surface area contributed by atoms with Crippen molar-refractivity contribution in [3.63, 3.8) is 0 Å². The lowest BCUT2D eigenvalue weighted by Crippen LogP contribution is -2.33. The molecule has 5 heteroatoms. The maximum atomic E-state index is 13.3. The average molecular weight is 296 g/mol. The molecule has 0 aliphatic rings. The van der Waals surface area contributed by atoms with Gasteiger partial charge in [-0.3, -0.25) is 4.98 Å². The van der Waals surface area contributed by atoms with Gasteiger partial charge in [-0.15, -0.1) is 11.3 Å². The summed E-state index contributed by atoms with van der Waals surface area (Å²) in [6.45, 7) is 3.02. The number of benzene rings is 1. The molecule has 1 heterocycles. The molecule has 2 rings (SSSR count). The molecule has 1 aromatic heterocycles. The smallest absolute Gasteiger partial charge is 0.159 e. The van der Waals surface area contributed by atoms with Crippen LogP contribution in [0.1, 0.15) is 23.8 Å². The molecule has 0 spiro atoms. The van der Waals surface area contributed by atoms with Gasteiger partial charge in [-0.05, 0) is 43.5 Å². The molecule has 0 amide bonds. The zero-order chi connectivity index (χ0) is 14.4. The van der Waals surface area contributed by atoms with Gasteiger partial charge in [0.05, 0.1) is 5.51 Å². The molecule has 108 valence electrons. The van der Waals surface area contributed by atoms with Gasteiger partial charge in [-0.1, -0.05) is 13.0 Å². The van der Waals surface area contributed by atoms with Gasteiger partial charge in [0, 0.05) is 17.1 Å². The van der Waals surface area contributed by atoms with Gasteiger partial charge < -0.3 is 5.32 Å². The van der Waals surface area contributed by atoms with Gasteiger partial charge in [-0.2, -0.15) is 0 Å². The van der Waals surface area contributed by atoms with E-state index in [0.717, 1.165) is 24.9 Å². The standard InChI is InChI=1S/C15H18F2N2S/c1-2-5-19-12(8-13-9-18-10-20-13)6-11-3-4-14(16)15(17)7-11/h3-4,7,9-10,12,19H,2,5-6,8H2,1H3. The summed E-state index contributed by atoms with van der Waals surface area (Å²) < 4.78 is 26.2. The molecule has 0 bridgehead atoms. The molecule has 0 saturated heterocycles. The fraction of sp³-hybridized carbons (Fsp3) is 0.400. The van der Waals surface area contributed by atoms with Gasteiger partial charge in [0.2, 0.25) is 0 Å². The highest BCUT2D eigenvalue weighted by Gasteiger charge is 2.12. The molecule has 1 unspecified atom stereocenters. The van der Waals surface area contributed by atoms with Gasteiger partial charge in [0.1, 0.15) is 0 Å². The number of rotatable bonds is 7. The minimum atomic E-state index is -0.797. The zero-order valence-electron chi connectivity index (χ0n) is 11.4. The largest absolute Gasteiger partial charge is 0.313 e. The topological polar surface area (TPSA) is 24.9 Å². The van der Waals surface area contributed by atoms with E-state index in [1.54, 1.807) is 17.4 Å². The van der Waals surface area contributed by atoms with Crippen LogP contribution in [0.4, 0.5) is 8.78 Å². The lowest BCUT2D eigenvalue weighted by molar-refractivity contribution is 0.493. The normalized spacial score (nSPS) is 12.6. The highest BCUT2D eigenvalue weighted by molar-refractivity contribution is 7.09. The Balaban J connectivity index is 2.04. The predicted octanol–water partition coefficient (Wildman–Crippen LogP) is 3.57. The lowest BCUT2D eigenvalue weighted by atomic mass is 10.0. The molecule has 0 radical (unpaired) electrons. The molecule has 20 heavy (non-hydrogen) atoms. The van der Waals surface area contributed by atoms with E-state index in [0.29, 0.717) is 6.42 Å². The lowest BCUT2D eigenvalue weighted by Gasteiger charge is -2.18. The van der Waals surface area contributed by atoms with E-state index in [1.807, 2.05) is 11.7 Å². The Morgan fingerprint density at radius 1 is 1.25 bits per heavy atom. The van der Waals surface area contributed by atoms with Crippen LogP contribution in [-0.2, 0) is 12.8 Å². The molecule has 0 aliphatic heterocycles.